The van der Waals surface area contributed by atoms with Crippen LogP contribution in [0.4, 0.5) is 0 Å². The molecular weight excluding hydrogens is 198 g/mol. The van der Waals surface area contributed by atoms with Gasteiger partial charge in [-0.05, 0) is 18.5 Å². The SMILES string of the molecule is OC[C@H](NCCCCl)c1ccccc1. The topological polar surface area (TPSA) is 32.3 Å². The highest BCUT2D eigenvalue weighted by Gasteiger charge is 2.07. The van der Waals surface area contributed by atoms with Gasteiger partial charge in [-0.15, -0.1) is 11.6 Å². The van der Waals surface area contributed by atoms with Crippen LogP contribution >= 0.6 is 11.6 Å². The summed E-state index contributed by atoms with van der Waals surface area (Å²) in [6.07, 6.45) is 0.922. The fraction of sp³-hybridized carbons (Fsp3) is 0.455. The minimum Gasteiger partial charge on any atom is -0.394 e. The number of rotatable bonds is 6. The molecule has 2 N–H and O–H groups in total. The van der Waals surface area contributed by atoms with E-state index in [0.717, 1.165) is 18.5 Å². The molecule has 1 aromatic rings. The van der Waals surface area contributed by atoms with Crippen LogP contribution in [0.25, 0.3) is 0 Å². The molecular formula is C11H16ClNO. The van der Waals surface area contributed by atoms with E-state index in [-0.39, 0.29) is 12.6 Å². The van der Waals surface area contributed by atoms with E-state index >= 15 is 0 Å². The van der Waals surface area contributed by atoms with Gasteiger partial charge in [-0.1, -0.05) is 30.3 Å². The summed E-state index contributed by atoms with van der Waals surface area (Å²) in [6, 6.07) is 9.96. The van der Waals surface area contributed by atoms with E-state index in [1.165, 1.54) is 0 Å². The van der Waals surface area contributed by atoms with E-state index in [1.54, 1.807) is 0 Å². The monoisotopic (exact) mass is 213 g/mol. The molecule has 0 spiro atoms. The molecule has 14 heavy (non-hydrogen) atoms. The Morgan fingerprint density at radius 1 is 1.29 bits per heavy atom. The second-order valence-electron chi connectivity index (χ2n) is 3.14. The zero-order chi connectivity index (χ0) is 10.2. The number of benzene rings is 1. The molecule has 0 aliphatic carbocycles. The van der Waals surface area contributed by atoms with E-state index in [9.17, 15) is 5.11 Å². The van der Waals surface area contributed by atoms with E-state index in [1.807, 2.05) is 30.3 Å². The lowest BCUT2D eigenvalue weighted by Crippen LogP contribution is -2.25. The normalized spacial score (nSPS) is 12.7. The van der Waals surface area contributed by atoms with Crippen LogP contribution in [0.3, 0.4) is 0 Å². The van der Waals surface area contributed by atoms with Crippen molar-refractivity contribution in [1.82, 2.24) is 5.32 Å². The second kappa shape index (κ2) is 6.82. The van der Waals surface area contributed by atoms with E-state index in [0.29, 0.717) is 5.88 Å². The first-order valence-electron chi connectivity index (χ1n) is 4.83. The fourth-order valence-corrected chi connectivity index (χ4v) is 1.45. The Bertz CT molecular complexity index is 240. The Morgan fingerprint density at radius 3 is 2.57 bits per heavy atom. The summed E-state index contributed by atoms with van der Waals surface area (Å²) in [5.41, 5.74) is 1.12. The summed E-state index contributed by atoms with van der Waals surface area (Å²) in [4.78, 5) is 0. The van der Waals surface area contributed by atoms with Gasteiger partial charge < -0.3 is 10.4 Å². The predicted molar refractivity (Wildman–Crippen MR) is 59.6 cm³/mol. The van der Waals surface area contributed by atoms with Crippen molar-refractivity contribution in [1.29, 1.82) is 0 Å². The van der Waals surface area contributed by atoms with Crippen molar-refractivity contribution >= 4 is 11.6 Å². The van der Waals surface area contributed by atoms with Gasteiger partial charge in [-0.2, -0.15) is 0 Å². The smallest absolute Gasteiger partial charge is 0.0626 e. The standard InChI is InChI=1S/C11H16ClNO/c12-7-4-8-13-11(9-14)10-5-2-1-3-6-10/h1-3,5-6,11,13-14H,4,7-9H2/t11-/m0/s1. The lowest BCUT2D eigenvalue weighted by Gasteiger charge is -2.16. The van der Waals surface area contributed by atoms with Gasteiger partial charge in [0.05, 0.1) is 12.6 Å². The van der Waals surface area contributed by atoms with Crippen molar-refractivity contribution in [2.24, 2.45) is 0 Å². The van der Waals surface area contributed by atoms with E-state index in [2.05, 4.69) is 5.32 Å². The molecule has 0 amide bonds. The molecule has 0 saturated carbocycles. The lowest BCUT2D eigenvalue weighted by molar-refractivity contribution is 0.245. The third kappa shape index (κ3) is 3.66. The van der Waals surface area contributed by atoms with Crippen molar-refractivity contribution in [2.75, 3.05) is 19.0 Å². The summed E-state index contributed by atoms with van der Waals surface area (Å²) in [6.45, 7) is 0.954. The highest BCUT2D eigenvalue weighted by molar-refractivity contribution is 6.17. The van der Waals surface area contributed by atoms with Gasteiger partial charge >= 0.3 is 0 Å². The van der Waals surface area contributed by atoms with Crippen molar-refractivity contribution in [3.8, 4) is 0 Å². The Morgan fingerprint density at radius 2 is 2.00 bits per heavy atom. The van der Waals surface area contributed by atoms with Crippen molar-refractivity contribution in [3.63, 3.8) is 0 Å². The maximum absolute atomic E-state index is 9.18. The first-order valence-corrected chi connectivity index (χ1v) is 5.37. The molecule has 1 atom stereocenters. The number of aliphatic hydroxyl groups excluding tert-OH is 1. The minimum atomic E-state index is 0.0272. The molecule has 0 aliphatic rings. The summed E-state index contributed by atoms with van der Waals surface area (Å²) in [5, 5.41) is 12.4. The molecule has 78 valence electrons. The molecule has 2 nitrogen and oxygen atoms in total. The molecule has 0 fully saturated rings. The van der Waals surface area contributed by atoms with Gasteiger partial charge in [0.15, 0.2) is 0 Å². The predicted octanol–water partition coefficient (Wildman–Crippen LogP) is 1.94. The molecule has 0 unspecified atom stereocenters. The van der Waals surface area contributed by atoms with Crippen LogP contribution in [0.5, 0.6) is 0 Å². The number of hydrogen-bond donors (Lipinski definition) is 2. The Kier molecular flexibility index (Phi) is 5.60. The summed E-state index contributed by atoms with van der Waals surface area (Å²) in [7, 11) is 0. The first-order chi connectivity index (χ1) is 6.88. The molecule has 0 radical (unpaired) electrons. The van der Waals surface area contributed by atoms with Crippen LogP contribution < -0.4 is 5.32 Å². The zero-order valence-corrected chi connectivity index (χ0v) is 8.87. The van der Waals surface area contributed by atoms with Crippen LogP contribution in [0.1, 0.15) is 18.0 Å². The zero-order valence-electron chi connectivity index (χ0n) is 8.12. The summed E-state index contributed by atoms with van der Waals surface area (Å²) >= 11 is 5.57. The van der Waals surface area contributed by atoms with Crippen LogP contribution in [-0.2, 0) is 0 Å². The molecule has 0 aliphatic heterocycles. The summed E-state index contributed by atoms with van der Waals surface area (Å²) in [5.74, 6) is 0.653. The van der Waals surface area contributed by atoms with Crippen molar-refractivity contribution in [3.05, 3.63) is 35.9 Å². The van der Waals surface area contributed by atoms with Gasteiger partial charge in [-0.3, -0.25) is 0 Å². The number of alkyl halides is 1. The van der Waals surface area contributed by atoms with Gasteiger partial charge in [0.2, 0.25) is 0 Å². The number of hydrogen-bond acceptors (Lipinski definition) is 2. The third-order valence-electron chi connectivity index (χ3n) is 2.09. The average molecular weight is 214 g/mol. The minimum absolute atomic E-state index is 0.0272. The van der Waals surface area contributed by atoms with Gasteiger partial charge in [-0.25, -0.2) is 0 Å². The fourth-order valence-electron chi connectivity index (χ4n) is 1.32. The van der Waals surface area contributed by atoms with Crippen LogP contribution in [-0.4, -0.2) is 24.1 Å². The number of aliphatic hydroxyl groups is 1. The van der Waals surface area contributed by atoms with Gasteiger partial charge in [0, 0.05) is 5.88 Å². The van der Waals surface area contributed by atoms with E-state index in [4.69, 9.17) is 11.6 Å². The molecule has 0 heterocycles. The first kappa shape index (κ1) is 11.5. The van der Waals surface area contributed by atoms with Crippen LogP contribution in [0.2, 0.25) is 0 Å². The summed E-state index contributed by atoms with van der Waals surface area (Å²) < 4.78 is 0. The quantitative estimate of drug-likeness (QED) is 0.559. The molecule has 3 heteroatoms. The molecule has 0 saturated heterocycles. The number of nitrogens with one attached hydrogen (secondary N) is 1. The largest absolute Gasteiger partial charge is 0.394 e. The highest BCUT2D eigenvalue weighted by Crippen LogP contribution is 2.11. The van der Waals surface area contributed by atoms with Crippen molar-refractivity contribution in [2.45, 2.75) is 12.5 Å². The molecule has 1 aromatic carbocycles. The molecule has 1 rings (SSSR count). The maximum Gasteiger partial charge on any atom is 0.0626 e. The van der Waals surface area contributed by atoms with E-state index < -0.39 is 0 Å². The van der Waals surface area contributed by atoms with Gasteiger partial charge in [0.1, 0.15) is 0 Å². The Balaban J connectivity index is 2.46. The Labute approximate surface area is 89.9 Å². The molecule has 0 bridgehead atoms. The average Bonchev–Trinajstić information content (AvgIpc) is 2.26. The maximum atomic E-state index is 9.18. The van der Waals surface area contributed by atoms with Crippen LogP contribution in [0, 0.1) is 0 Å². The van der Waals surface area contributed by atoms with Crippen LogP contribution in [0.15, 0.2) is 30.3 Å². The second-order valence-corrected chi connectivity index (χ2v) is 3.52. The number of halogens is 1. The van der Waals surface area contributed by atoms with Crippen molar-refractivity contribution < 1.29 is 5.11 Å². The van der Waals surface area contributed by atoms with Gasteiger partial charge in [0.25, 0.3) is 0 Å². The Hall–Kier alpha value is -0.570. The highest BCUT2D eigenvalue weighted by atomic mass is 35.5. The lowest BCUT2D eigenvalue weighted by atomic mass is 10.1. The molecule has 0 aromatic heterocycles. The third-order valence-corrected chi connectivity index (χ3v) is 2.35.